The van der Waals surface area contributed by atoms with Crippen LogP contribution in [0.2, 0.25) is 0 Å². The van der Waals surface area contributed by atoms with Gasteiger partial charge in [0.15, 0.2) is 0 Å². The first kappa shape index (κ1) is 15.4. The highest BCUT2D eigenvalue weighted by Gasteiger charge is 2.29. The largest absolute Gasteiger partial charge is 0.389 e. The molecule has 0 spiro atoms. The highest BCUT2D eigenvalue weighted by molar-refractivity contribution is 5.73. The van der Waals surface area contributed by atoms with Crippen molar-refractivity contribution in [2.75, 3.05) is 0 Å². The molecule has 0 radical (unpaired) electrons. The van der Waals surface area contributed by atoms with Crippen molar-refractivity contribution < 1.29 is 18.7 Å². The fourth-order valence-corrected chi connectivity index (χ4v) is 2.30. The third-order valence-corrected chi connectivity index (χ3v) is 3.21. The van der Waals surface area contributed by atoms with E-state index < -0.39 is 12.7 Å². The Morgan fingerprint density at radius 2 is 1.86 bits per heavy atom. The SMILES string of the molecule is C=C1C(C(C)O)=CC(C)=C(c2ccccc2)N1OC(F)F. The van der Waals surface area contributed by atoms with Crippen molar-refractivity contribution in [3.63, 3.8) is 0 Å². The van der Waals surface area contributed by atoms with Gasteiger partial charge in [-0.15, -0.1) is 0 Å². The van der Waals surface area contributed by atoms with Crippen LogP contribution in [0.3, 0.4) is 0 Å². The summed E-state index contributed by atoms with van der Waals surface area (Å²) in [5.74, 6) is 0. The number of aliphatic hydroxyl groups is 1. The quantitative estimate of drug-likeness (QED) is 0.918. The minimum atomic E-state index is -2.98. The number of benzene rings is 1. The summed E-state index contributed by atoms with van der Waals surface area (Å²) in [4.78, 5) is 4.61. The number of allylic oxidation sites excluding steroid dienone is 2. The molecule has 0 saturated heterocycles. The van der Waals surface area contributed by atoms with Crippen molar-refractivity contribution >= 4 is 5.70 Å². The van der Waals surface area contributed by atoms with Crippen LogP contribution in [-0.4, -0.2) is 22.9 Å². The number of aliphatic hydroxyl groups excluding tert-OH is 1. The molecule has 0 aromatic heterocycles. The Labute approximate surface area is 122 Å². The third-order valence-electron chi connectivity index (χ3n) is 3.21. The van der Waals surface area contributed by atoms with Crippen LogP contribution < -0.4 is 0 Å². The maximum atomic E-state index is 12.7. The molecule has 2 rings (SSSR count). The second kappa shape index (κ2) is 6.20. The Morgan fingerprint density at radius 3 is 2.38 bits per heavy atom. The molecule has 1 aromatic carbocycles. The fraction of sp³-hybridized carbons (Fsp3) is 0.250. The summed E-state index contributed by atoms with van der Waals surface area (Å²) in [5.41, 5.74) is 2.59. The number of rotatable bonds is 4. The average molecular weight is 293 g/mol. The van der Waals surface area contributed by atoms with Crippen molar-refractivity contribution in [1.29, 1.82) is 0 Å². The normalized spacial score (nSPS) is 17.3. The molecule has 112 valence electrons. The van der Waals surface area contributed by atoms with Crippen molar-refractivity contribution in [2.45, 2.75) is 26.6 Å². The van der Waals surface area contributed by atoms with Gasteiger partial charge in [-0.25, -0.2) is 5.06 Å². The molecule has 0 amide bonds. The van der Waals surface area contributed by atoms with E-state index in [1.54, 1.807) is 32.1 Å². The molecular formula is C16H17F2NO2. The van der Waals surface area contributed by atoms with E-state index >= 15 is 0 Å². The number of halogens is 2. The van der Waals surface area contributed by atoms with E-state index in [0.29, 0.717) is 16.8 Å². The zero-order chi connectivity index (χ0) is 15.6. The number of hydroxylamine groups is 2. The molecular weight excluding hydrogens is 276 g/mol. The van der Waals surface area contributed by atoms with Crippen LogP contribution in [0.4, 0.5) is 8.78 Å². The molecule has 0 aliphatic carbocycles. The van der Waals surface area contributed by atoms with Crippen LogP contribution in [0, 0.1) is 0 Å². The average Bonchev–Trinajstić information content (AvgIpc) is 2.43. The van der Waals surface area contributed by atoms with Crippen molar-refractivity contribution in [3.8, 4) is 0 Å². The summed E-state index contributed by atoms with van der Waals surface area (Å²) in [6.45, 7) is 4.11. The van der Waals surface area contributed by atoms with Crippen LogP contribution in [0.1, 0.15) is 19.4 Å². The molecule has 1 unspecified atom stereocenters. The smallest absolute Gasteiger partial charge is 0.365 e. The van der Waals surface area contributed by atoms with Gasteiger partial charge in [0.1, 0.15) is 0 Å². The molecule has 1 aliphatic rings. The maximum absolute atomic E-state index is 12.7. The Morgan fingerprint density at radius 1 is 1.24 bits per heavy atom. The van der Waals surface area contributed by atoms with Gasteiger partial charge in [0.2, 0.25) is 0 Å². The van der Waals surface area contributed by atoms with Crippen LogP contribution in [0.25, 0.3) is 5.70 Å². The summed E-state index contributed by atoms with van der Waals surface area (Å²) >= 11 is 0. The van der Waals surface area contributed by atoms with Gasteiger partial charge in [0, 0.05) is 11.1 Å². The molecule has 0 fully saturated rings. The van der Waals surface area contributed by atoms with Gasteiger partial charge in [-0.05, 0) is 25.5 Å². The second-order valence-corrected chi connectivity index (χ2v) is 4.78. The van der Waals surface area contributed by atoms with E-state index in [2.05, 4.69) is 11.4 Å². The molecule has 1 aromatic rings. The lowest BCUT2D eigenvalue weighted by Gasteiger charge is -2.34. The second-order valence-electron chi connectivity index (χ2n) is 4.78. The van der Waals surface area contributed by atoms with E-state index in [0.717, 1.165) is 10.6 Å². The van der Waals surface area contributed by atoms with Gasteiger partial charge >= 0.3 is 6.61 Å². The van der Waals surface area contributed by atoms with E-state index in [1.165, 1.54) is 0 Å². The maximum Gasteiger partial charge on any atom is 0.365 e. The van der Waals surface area contributed by atoms with E-state index in [9.17, 15) is 13.9 Å². The molecule has 1 aliphatic heterocycles. The molecule has 5 heteroatoms. The Bertz CT molecular complexity index is 592. The van der Waals surface area contributed by atoms with Gasteiger partial charge in [0.25, 0.3) is 0 Å². The summed E-state index contributed by atoms with van der Waals surface area (Å²) < 4.78 is 25.5. The topological polar surface area (TPSA) is 32.7 Å². The summed E-state index contributed by atoms with van der Waals surface area (Å²) in [7, 11) is 0. The van der Waals surface area contributed by atoms with Gasteiger partial charge in [-0.2, -0.15) is 13.6 Å². The zero-order valence-corrected chi connectivity index (χ0v) is 11.9. The number of hydrogen-bond acceptors (Lipinski definition) is 3. The minimum absolute atomic E-state index is 0.203. The highest BCUT2D eigenvalue weighted by atomic mass is 19.3. The number of hydrogen-bond donors (Lipinski definition) is 1. The van der Waals surface area contributed by atoms with Gasteiger partial charge in [-0.1, -0.05) is 36.9 Å². The zero-order valence-electron chi connectivity index (χ0n) is 11.9. The third kappa shape index (κ3) is 3.20. The first-order valence-corrected chi connectivity index (χ1v) is 6.52. The fourth-order valence-electron chi connectivity index (χ4n) is 2.30. The van der Waals surface area contributed by atoms with E-state index in [-0.39, 0.29) is 5.70 Å². The molecule has 3 nitrogen and oxygen atoms in total. The van der Waals surface area contributed by atoms with Crippen LogP contribution in [0.15, 0.2) is 59.8 Å². The monoisotopic (exact) mass is 293 g/mol. The lowest BCUT2D eigenvalue weighted by atomic mass is 9.96. The molecule has 0 bridgehead atoms. The molecule has 1 atom stereocenters. The van der Waals surface area contributed by atoms with Crippen LogP contribution in [-0.2, 0) is 4.84 Å². The first-order chi connectivity index (χ1) is 9.91. The molecule has 0 saturated carbocycles. The highest BCUT2D eigenvalue weighted by Crippen LogP contribution is 2.36. The Kier molecular flexibility index (Phi) is 4.55. The van der Waals surface area contributed by atoms with Crippen molar-refractivity contribution in [3.05, 3.63) is 65.4 Å². The van der Waals surface area contributed by atoms with Crippen molar-refractivity contribution in [1.82, 2.24) is 5.06 Å². The van der Waals surface area contributed by atoms with Gasteiger partial charge in [0.05, 0.1) is 17.5 Å². The summed E-state index contributed by atoms with van der Waals surface area (Å²) in [5, 5.41) is 10.8. The minimum Gasteiger partial charge on any atom is -0.389 e. The van der Waals surface area contributed by atoms with Crippen molar-refractivity contribution in [2.24, 2.45) is 0 Å². The predicted octanol–water partition coefficient (Wildman–Crippen LogP) is 3.71. The Hall–Kier alpha value is -1.98. The summed E-state index contributed by atoms with van der Waals surface area (Å²) in [6.07, 6.45) is 0.911. The first-order valence-electron chi connectivity index (χ1n) is 6.52. The number of alkyl halides is 2. The van der Waals surface area contributed by atoms with Crippen LogP contribution in [0.5, 0.6) is 0 Å². The number of nitrogens with zero attached hydrogens (tertiary/aromatic N) is 1. The predicted molar refractivity (Wildman–Crippen MR) is 76.9 cm³/mol. The lowest BCUT2D eigenvalue weighted by molar-refractivity contribution is -0.240. The molecule has 1 N–H and O–H groups in total. The van der Waals surface area contributed by atoms with Gasteiger partial charge in [-0.3, -0.25) is 0 Å². The standard InChI is InChI=1S/C16H17F2NO2/c1-10-9-14(12(3)20)11(2)19(21-16(17)18)15(10)13-7-5-4-6-8-13/h4-9,12,16,20H,2H2,1,3H3. The molecule has 1 heterocycles. The van der Waals surface area contributed by atoms with E-state index in [1.807, 2.05) is 18.2 Å². The lowest BCUT2D eigenvalue weighted by Crippen LogP contribution is -2.30. The van der Waals surface area contributed by atoms with Gasteiger partial charge < -0.3 is 5.11 Å². The molecule has 21 heavy (non-hydrogen) atoms. The van der Waals surface area contributed by atoms with E-state index in [4.69, 9.17) is 0 Å². The summed E-state index contributed by atoms with van der Waals surface area (Å²) in [6, 6.07) is 9.07. The van der Waals surface area contributed by atoms with Crippen LogP contribution >= 0.6 is 0 Å². The Balaban J connectivity index is 2.55.